The minimum atomic E-state index is -0.178. The molecule has 0 aliphatic rings. The molecule has 0 atom stereocenters. The third-order valence-electron chi connectivity index (χ3n) is 6.30. The monoisotopic (exact) mass is 522 g/mol. The summed E-state index contributed by atoms with van der Waals surface area (Å²) in [6.45, 7) is 5.47. The molecule has 0 aliphatic carbocycles. The Labute approximate surface area is 225 Å². The molecule has 1 heterocycles. The molecule has 38 heavy (non-hydrogen) atoms. The normalized spacial score (nSPS) is 10.8. The summed E-state index contributed by atoms with van der Waals surface area (Å²) in [5.41, 5.74) is 2.63. The van der Waals surface area contributed by atoms with Crippen LogP contribution in [0.3, 0.4) is 0 Å². The van der Waals surface area contributed by atoms with Crippen molar-refractivity contribution in [3.05, 3.63) is 82.8 Å². The van der Waals surface area contributed by atoms with Gasteiger partial charge in [0.05, 0.1) is 20.8 Å². The SMILES string of the molecule is COCCCN(CC(=O)N(CCc1ccc(OC)c(OC)c1)Cc1ccc(C)o1)C(=O)c1ccc(C)cc1. The highest BCUT2D eigenvalue weighted by Gasteiger charge is 2.23. The van der Waals surface area contributed by atoms with E-state index in [2.05, 4.69) is 0 Å². The van der Waals surface area contributed by atoms with E-state index >= 15 is 0 Å². The largest absolute Gasteiger partial charge is 0.493 e. The van der Waals surface area contributed by atoms with Crippen LogP contribution in [0.1, 0.15) is 39.4 Å². The fourth-order valence-corrected chi connectivity index (χ4v) is 4.14. The Kier molecular flexibility index (Phi) is 10.8. The van der Waals surface area contributed by atoms with E-state index in [-0.39, 0.29) is 18.4 Å². The number of ether oxygens (including phenoxy) is 3. The number of rotatable bonds is 14. The van der Waals surface area contributed by atoms with Crippen molar-refractivity contribution in [2.75, 3.05) is 47.6 Å². The van der Waals surface area contributed by atoms with Gasteiger partial charge in [-0.15, -0.1) is 0 Å². The van der Waals surface area contributed by atoms with E-state index in [1.165, 1.54) is 0 Å². The molecule has 3 aromatic rings. The first-order valence-electron chi connectivity index (χ1n) is 12.7. The number of nitrogens with zero attached hydrogens (tertiary/aromatic N) is 2. The summed E-state index contributed by atoms with van der Waals surface area (Å²) in [5, 5.41) is 0. The fourth-order valence-electron chi connectivity index (χ4n) is 4.14. The van der Waals surface area contributed by atoms with Gasteiger partial charge in [-0.3, -0.25) is 9.59 Å². The second kappa shape index (κ2) is 14.2. The second-order valence-electron chi connectivity index (χ2n) is 9.21. The topological polar surface area (TPSA) is 81.5 Å². The van der Waals surface area contributed by atoms with Crippen molar-refractivity contribution in [3.8, 4) is 11.5 Å². The molecule has 0 saturated heterocycles. The Morgan fingerprint density at radius 2 is 1.58 bits per heavy atom. The predicted molar refractivity (Wildman–Crippen MR) is 146 cm³/mol. The average molecular weight is 523 g/mol. The van der Waals surface area contributed by atoms with E-state index in [9.17, 15) is 9.59 Å². The van der Waals surface area contributed by atoms with E-state index < -0.39 is 0 Å². The van der Waals surface area contributed by atoms with Crippen molar-refractivity contribution in [3.63, 3.8) is 0 Å². The third kappa shape index (κ3) is 8.11. The van der Waals surface area contributed by atoms with Gasteiger partial charge in [-0.25, -0.2) is 0 Å². The van der Waals surface area contributed by atoms with Gasteiger partial charge in [-0.2, -0.15) is 0 Å². The molecule has 8 nitrogen and oxygen atoms in total. The smallest absolute Gasteiger partial charge is 0.254 e. The number of benzene rings is 2. The van der Waals surface area contributed by atoms with Crippen LogP contribution in [0.4, 0.5) is 0 Å². The van der Waals surface area contributed by atoms with Crippen molar-refractivity contribution < 1.29 is 28.2 Å². The summed E-state index contributed by atoms with van der Waals surface area (Å²) in [7, 11) is 4.82. The molecular weight excluding hydrogens is 484 g/mol. The van der Waals surface area contributed by atoms with E-state index in [4.69, 9.17) is 18.6 Å². The highest BCUT2D eigenvalue weighted by atomic mass is 16.5. The molecule has 0 saturated carbocycles. The zero-order valence-electron chi connectivity index (χ0n) is 23.0. The number of aryl methyl sites for hydroxylation is 2. The molecule has 204 valence electrons. The Morgan fingerprint density at radius 3 is 2.21 bits per heavy atom. The Balaban J connectivity index is 1.79. The summed E-state index contributed by atoms with van der Waals surface area (Å²) in [6, 6.07) is 16.9. The molecule has 2 aromatic carbocycles. The molecule has 3 rings (SSSR count). The van der Waals surface area contributed by atoms with Crippen molar-refractivity contribution in [2.45, 2.75) is 33.2 Å². The zero-order chi connectivity index (χ0) is 27.5. The lowest BCUT2D eigenvalue weighted by Crippen LogP contribution is -2.44. The lowest BCUT2D eigenvalue weighted by Gasteiger charge is -2.27. The molecule has 2 amide bonds. The van der Waals surface area contributed by atoms with Gasteiger partial charge in [0, 0.05) is 32.4 Å². The summed E-state index contributed by atoms with van der Waals surface area (Å²) in [4.78, 5) is 30.3. The number of amides is 2. The highest BCUT2D eigenvalue weighted by Crippen LogP contribution is 2.28. The maximum atomic E-state index is 13.6. The summed E-state index contributed by atoms with van der Waals surface area (Å²) in [5.74, 6) is 2.43. The van der Waals surface area contributed by atoms with Gasteiger partial charge in [0.1, 0.15) is 18.1 Å². The van der Waals surface area contributed by atoms with E-state index in [0.717, 1.165) is 16.9 Å². The Bertz CT molecular complexity index is 1190. The number of hydrogen-bond donors (Lipinski definition) is 0. The first-order valence-corrected chi connectivity index (χ1v) is 12.7. The molecule has 0 N–H and O–H groups in total. The van der Waals surface area contributed by atoms with Gasteiger partial charge in [0.2, 0.25) is 5.91 Å². The first-order chi connectivity index (χ1) is 18.3. The second-order valence-corrected chi connectivity index (χ2v) is 9.21. The lowest BCUT2D eigenvalue weighted by molar-refractivity contribution is -0.132. The van der Waals surface area contributed by atoms with Crippen LogP contribution in [0.25, 0.3) is 0 Å². The number of furan rings is 1. The number of hydrogen-bond acceptors (Lipinski definition) is 6. The molecule has 0 spiro atoms. The molecule has 0 aliphatic heterocycles. The molecule has 0 radical (unpaired) electrons. The third-order valence-corrected chi connectivity index (χ3v) is 6.30. The van der Waals surface area contributed by atoms with Crippen molar-refractivity contribution in [2.24, 2.45) is 0 Å². The van der Waals surface area contributed by atoms with E-state index in [1.54, 1.807) is 43.3 Å². The standard InChI is InChI=1S/C30H38N2O6/c1-22-7-11-25(12-8-22)30(34)32(16-6-18-35-3)21-29(33)31(20-26-13-9-23(2)38-26)17-15-24-10-14-27(36-4)28(19-24)37-5/h7-14,19H,6,15-18,20-21H2,1-5H3. The lowest BCUT2D eigenvalue weighted by atomic mass is 10.1. The molecule has 8 heteroatoms. The van der Waals surface area contributed by atoms with Gasteiger partial charge in [0.15, 0.2) is 11.5 Å². The quantitative estimate of drug-likeness (QED) is 0.287. The molecule has 0 bridgehead atoms. The molecule has 0 fully saturated rings. The van der Waals surface area contributed by atoms with Crippen molar-refractivity contribution >= 4 is 11.8 Å². The molecule has 0 unspecified atom stereocenters. The maximum absolute atomic E-state index is 13.6. The molecular formula is C30H38N2O6. The van der Waals surface area contributed by atoms with E-state index in [1.807, 2.05) is 56.3 Å². The van der Waals surface area contributed by atoms with Crippen LogP contribution in [-0.4, -0.2) is 69.2 Å². The Hall–Kier alpha value is -3.78. The summed E-state index contributed by atoms with van der Waals surface area (Å²) >= 11 is 0. The predicted octanol–water partition coefficient (Wildman–Crippen LogP) is 4.66. The zero-order valence-corrected chi connectivity index (χ0v) is 23.0. The minimum Gasteiger partial charge on any atom is -0.493 e. The first kappa shape index (κ1) is 28.8. The van der Waals surface area contributed by atoms with Gasteiger partial charge in [0.25, 0.3) is 5.91 Å². The van der Waals surface area contributed by atoms with Gasteiger partial charge >= 0.3 is 0 Å². The van der Waals surface area contributed by atoms with Crippen LogP contribution in [0.5, 0.6) is 11.5 Å². The van der Waals surface area contributed by atoms with Gasteiger partial charge in [-0.05, 0) is 68.7 Å². The number of methoxy groups -OCH3 is 3. The van der Waals surface area contributed by atoms with Crippen LogP contribution >= 0.6 is 0 Å². The van der Waals surface area contributed by atoms with E-state index in [0.29, 0.717) is 61.9 Å². The van der Waals surface area contributed by atoms with Gasteiger partial charge < -0.3 is 28.4 Å². The van der Waals surface area contributed by atoms with Gasteiger partial charge in [-0.1, -0.05) is 23.8 Å². The number of carbonyl (C=O) groups excluding carboxylic acids is 2. The summed E-state index contributed by atoms with van der Waals surface area (Å²) < 4.78 is 21.7. The highest BCUT2D eigenvalue weighted by molar-refractivity contribution is 5.96. The van der Waals surface area contributed by atoms with Crippen molar-refractivity contribution in [1.82, 2.24) is 9.80 Å². The van der Waals surface area contributed by atoms with Crippen molar-refractivity contribution in [1.29, 1.82) is 0 Å². The Morgan fingerprint density at radius 1 is 0.842 bits per heavy atom. The van der Waals surface area contributed by atoms with Crippen LogP contribution in [0.15, 0.2) is 59.0 Å². The minimum absolute atomic E-state index is 0.0396. The van der Waals surface area contributed by atoms with Crippen LogP contribution in [0.2, 0.25) is 0 Å². The van der Waals surface area contributed by atoms with Crippen LogP contribution in [-0.2, 0) is 22.5 Å². The van der Waals surface area contributed by atoms with Crippen LogP contribution < -0.4 is 9.47 Å². The fraction of sp³-hybridized carbons (Fsp3) is 0.400. The summed E-state index contributed by atoms with van der Waals surface area (Å²) in [6.07, 6.45) is 1.23. The number of carbonyl (C=O) groups is 2. The molecule has 1 aromatic heterocycles. The average Bonchev–Trinajstić information content (AvgIpc) is 3.34. The maximum Gasteiger partial charge on any atom is 0.254 e. The van der Waals surface area contributed by atoms with Crippen LogP contribution in [0, 0.1) is 13.8 Å².